The van der Waals surface area contributed by atoms with Crippen LogP contribution in [0.15, 0.2) is 45.8 Å². The van der Waals surface area contributed by atoms with Crippen LogP contribution in [0.2, 0.25) is 5.02 Å². The zero-order valence-electron chi connectivity index (χ0n) is 12.3. The van der Waals surface area contributed by atoms with Crippen LogP contribution in [0.3, 0.4) is 0 Å². The van der Waals surface area contributed by atoms with E-state index < -0.39 is 45.0 Å². The van der Waals surface area contributed by atoms with Crippen LogP contribution in [-0.4, -0.2) is 19.5 Å². The fourth-order valence-electron chi connectivity index (χ4n) is 2.18. The van der Waals surface area contributed by atoms with E-state index in [0.717, 1.165) is 6.07 Å². The minimum Gasteiger partial charge on any atom is -0.481 e. The molecule has 0 radical (unpaired) electrons. The molecule has 25 heavy (non-hydrogen) atoms. The maximum Gasteiger partial charge on any atom is 0.305 e. The Kier molecular flexibility index (Phi) is 6.15. The average molecular weight is 455 g/mol. The van der Waals surface area contributed by atoms with Crippen LogP contribution in [0, 0.1) is 11.6 Å². The summed E-state index contributed by atoms with van der Waals surface area (Å²) in [6, 6.07) is 6.03. The third-order valence-corrected chi connectivity index (χ3v) is 5.97. The number of hydrogen-bond acceptors (Lipinski definition) is 3. The van der Waals surface area contributed by atoms with E-state index in [9.17, 15) is 22.0 Å². The molecular formula is C15H11BrClF2NO4S. The molecular weight excluding hydrogens is 444 g/mol. The van der Waals surface area contributed by atoms with Crippen molar-refractivity contribution in [2.24, 2.45) is 0 Å². The van der Waals surface area contributed by atoms with E-state index in [1.807, 2.05) is 0 Å². The van der Waals surface area contributed by atoms with Gasteiger partial charge in [-0.1, -0.05) is 29.8 Å². The molecule has 0 bridgehead atoms. The molecule has 0 amide bonds. The van der Waals surface area contributed by atoms with Gasteiger partial charge in [0.25, 0.3) is 0 Å². The molecule has 10 heteroatoms. The second-order valence-corrected chi connectivity index (χ2v) is 7.90. The van der Waals surface area contributed by atoms with Gasteiger partial charge in [0, 0.05) is 15.6 Å². The van der Waals surface area contributed by atoms with E-state index in [1.165, 1.54) is 12.1 Å². The number of hydrogen-bond donors (Lipinski definition) is 2. The summed E-state index contributed by atoms with van der Waals surface area (Å²) in [6.07, 6.45) is -0.622. The fourth-order valence-corrected chi connectivity index (χ4v) is 4.83. The molecule has 0 aliphatic carbocycles. The lowest BCUT2D eigenvalue weighted by Gasteiger charge is -2.19. The van der Waals surface area contributed by atoms with Gasteiger partial charge in [0.05, 0.1) is 12.5 Å². The van der Waals surface area contributed by atoms with Crippen LogP contribution in [0.5, 0.6) is 0 Å². The highest BCUT2D eigenvalue weighted by Crippen LogP contribution is 2.30. The predicted molar refractivity (Wildman–Crippen MR) is 90.8 cm³/mol. The number of sulfonamides is 1. The molecule has 0 fully saturated rings. The van der Waals surface area contributed by atoms with Crippen LogP contribution in [0.1, 0.15) is 18.0 Å². The molecule has 0 spiro atoms. The molecule has 5 nitrogen and oxygen atoms in total. The number of benzene rings is 2. The SMILES string of the molecule is O=C(O)C[C@@H](NS(=O)(=O)c1c(F)cc(F)cc1Br)c1ccccc1Cl. The second kappa shape index (κ2) is 7.77. The van der Waals surface area contributed by atoms with Crippen molar-refractivity contribution in [2.45, 2.75) is 17.4 Å². The van der Waals surface area contributed by atoms with E-state index in [0.29, 0.717) is 6.07 Å². The minimum absolute atomic E-state index is 0.148. The first-order chi connectivity index (χ1) is 11.6. The highest BCUT2D eigenvalue weighted by molar-refractivity contribution is 9.10. The molecule has 2 aromatic carbocycles. The normalized spacial score (nSPS) is 12.8. The van der Waals surface area contributed by atoms with Gasteiger partial charge >= 0.3 is 5.97 Å². The lowest BCUT2D eigenvalue weighted by Crippen LogP contribution is -2.31. The number of halogens is 4. The minimum atomic E-state index is -4.51. The van der Waals surface area contributed by atoms with E-state index in [2.05, 4.69) is 20.7 Å². The van der Waals surface area contributed by atoms with Gasteiger partial charge in [-0.05, 0) is 33.6 Å². The van der Waals surface area contributed by atoms with Crippen LogP contribution in [-0.2, 0) is 14.8 Å². The van der Waals surface area contributed by atoms with Gasteiger partial charge < -0.3 is 5.11 Å². The second-order valence-electron chi connectivity index (χ2n) is 4.99. The van der Waals surface area contributed by atoms with E-state index in [1.54, 1.807) is 12.1 Å². The first kappa shape index (κ1) is 19.8. The van der Waals surface area contributed by atoms with E-state index in [4.69, 9.17) is 16.7 Å². The number of aliphatic carboxylic acids is 1. The molecule has 0 aromatic heterocycles. The first-order valence-corrected chi connectivity index (χ1v) is 9.40. The molecule has 0 aliphatic rings. The van der Waals surface area contributed by atoms with Crippen molar-refractivity contribution in [3.8, 4) is 0 Å². The van der Waals surface area contributed by atoms with Crippen molar-refractivity contribution in [3.05, 3.63) is 63.1 Å². The smallest absolute Gasteiger partial charge is 0.305 e. The van der Waals surface area contributed by atoms with E-state index >= 15 is 0 Å². The van der Waals surface area contributed by atoms with Gasteiger partial charge in [-0.2, -0.15) is 0 Å². The lowest BCUT2D eigenvalue weighted by atomic mass is 10.1. The number of nitrogens with one attached hydrogen (secondary N) is 1. The number of carbonyl (C=O) groups is 1. The molecule has 0 saturated heterocycles. The fraction of sp³-hybridized carbons (Fsp3) is 0.133. The Balaban J connectivity index is 2.48. The quantitative estimate of drug-likeness (QED) is 0.694. The van der Waals surface area contributed by atoms with Gasteiger partial charge in [0.2, 0.25) is 10.0 Å². The number of carboxylic acid groups (broad SMARTS) is 1. The van der Waals surface area contributed by atoms with Crippen LogP contribution < -0.4 is 4.72 Å². The molecule has 0 saturated carbocycles. The Labute approximate surface area is 155 Å². The predicted octanol–water partition coefficient (Wildman–Crippen LogP) is 3.88. The Morgan fingerprint density at radius 3 is 2.48 bits per heavy atom. The summed E-state index contributed by atoms with van der Waals surface area (Å²) in [7, 11) is -4.51. The maximum atomic E-state index is 14.0. The summed E-state index contributed by atoms with van der Waals surface area (Å²) >= 11 is 8.80. The largest absolute Gasteiger partial charge is 0.481 e. The number of rotatable bonds is 6. The molecule has 2 aromatic rings. The summed E-state index contributed by atoms with van der Waals surface area (Å²) in [5.74, 6) is -3.56. The third kappa shape index (κ3) is 4.75. The van der Waals surface area contributed by atoms with Gasteiger partial charge in [0.1, 0.15) is 16.5 Å². The zero-order valence-corrected chi connectivity index (χ0v) is 15.5. The Morgan fingerprint density at radius 2 is 1.92 bits per heavy atom. The Bertz CT molecular complexity index is 900. The van der Waals surface area contributed by atoms with Crippen molar-refractivity contribution in [3.63, 3.8) is 0 Å². The van der Waals surface area contributed by atoms with Crippen molar-refractivity contribution in [2.75, 3.05) is 0 Å². The van der Waals surface area contributed by atoms with Gasteiger partial charge in [-0.3, -0.25) is 4.79 Å². The van der Waals surface area contributed by atoms with Crippen LogP contribution in [0.25, 0.3) is 0 Å². The van der Waals surface area contributed by atoms with Gasteiger partial charge in [0.15, 0.2) is 0 Å². The Hall–Kier alpha value is -1.55. The Morgan fingerprint density at radius 1 is 1.28 bits per heavy atom. The monoisotopic (exact) mass is 453 g/mol. The van der Waals surface area contributed by atoms with Gasteiger partial charge in [-0.15, -0.1) is 0 Å². The average Bonchev–Trinajstić information content (AvgIpc) is 2.44. The van der Waals surface area contributed by atoms with Crippen molar-refractivity contribution < 1.29 is 27.1 Å². The van der Waals surface area contributed by atoms with Crippen LogP contribution in [0.4, 0.5) is 8.78 Å². The topological polar surface area (TPSA) is 83.5 Å². The molecule has 0 heterocycles. The number of carboxylic acids is 1. The summed E-state index contributed by atoms with van der Waals surface area (Å²) in [4.78, 5) is 10.3. The zero-order chi connectivity index (χ0) is 18.8. The lowest BCUT2D eigenvalue weighted by molar-refractivity contribution is -0.137. The molecule has 0 unspecified atom stereocenters. The molecule has 2 rings (SSSR count). The summed E-state index contributed by atoms with van der Waals surface area (Å²) in [6.45, 7) is 0. The standard InChI is InChI=1S/C15H11BrClF2NO4S/c16-10-5-8(18)6-12(19)15(10)25(23,24)20-13(7-14(21)22)9-3-1-2-4-11(9)17/h1-6,13,20H,7H2,(H,21,22)/t13-/m1/s1. The molecule has 1 atom stereocenters. The van der Waals surface area contributed by atoms with Gasteiger partial charge in [-0.25, -0.2) is 21.9 Å². The van der Waals surface area contributed by atoms with Crippen molar-refractivity contribution >= 4 is 43.5 Å². The van der Waals surface area contributed by atoms with Crippen LogP contribution >= 0.6 is 27.5 Å². The summed E-state index contributed by atoms with van der Waals surface area (Å²) in [5, 5.41) is 9.19. The first-order valence-electron chi connectivity index (χ1n) is 6.75. The summed E-state index contributed by atoms with van der Waals surface area (Å²) < 4.78 is 54.0. The highest BCUT2D eigenvalue weighted by Gasteiger charge is 2.29. The molecule has 0 aliphatic heterocycles. The van der Waals surface area contributed by atoms with E-state index in [-0.39, 0.29) is 15.1 Å². The van der Waals surface area contributed by atoms with Crippen molar-refractivity contribution in [1.82, 2.24) is 4.72 Å². The maximum absolute atomic E-state index is 14.0. The van der Waals surface area contributed by atoms with Crippen molar-refractivity contribution in [1.29, 1.82) is 0 Å². The third-order valence-electron chi connectivity index (χ3n) is 3.19. The molecule has 2 N–H and O–H groups in total. The highest BCUT2D eigenvalue weighted by atomic mass is 79.9. The summed E-state index contributed by atoms with van der Waals surface area (Å²) in [5.41, 5.74) is 0.216. The molecule has 134 valence electrons.